The summed E-state index contributed by atoms with van der Waals surface area (Å²) in [5.41, 5.74) is 4.31. The summed E-state index contributed by atoms with van der Waals surface area (Å²) in [6.07, 6.45) is 0. The highest BCUT2D eigenvalue weighted by atomic mass is 19.1. The number of rotatable bonds is 0. The Hall–Kier alpha value is -1.63. The van der Waals surface area contributed by atoms with E-state index in [1.54, 1.807) is 0 Å². The number of anilines is 1. The minimum Gasteiger partial charge on any atom is -0.396 e. The zero-order valence-electron chi connectivity index (χ0n) is 5.44. The van der Waals surface area contributed by atoms with Crippen molar-refractivity contribution >= 4 is 5.69 Å². The Morgan fingerprint density at radius 1 is 1.36 bits per heavy atom. The quantitative estimate of drug-likeness (QED) is 0.574. The van der Waals surface area contributed by atoms with Gasteiger partial charge in [0.15, 0.2) is 5.82 Å². The standard InChI is InChI=1S/C7H4F2N2/c8-5-1-4(3-10)7(9)6(11)2-5/h1-2H,11H2. The SMILES string of the molecule is N#Cc1cc(F)cc(N)c1F. The van der Waals surface area contributed by atoms with Gasteiger partial charge in [0.1, 0.15) is 11.9 Å². The maximum Gasteiger partial charge on any atom is 0.164 e. The van der Waals surface area contributed by atoms with E-state index in [1.165, 1.54) is 6.07 Å². The first-order chi connectivity index (χ1) is 5.15. The fourth-order valence-electron chi connectivity index (χ4n) is 0.692. The minimum atomic E-state index is -0.867. The molecule has 0 fully saturated rings. The van der Waals surface area contributed by atoms with Gasteiger partial charge in [-0.3, -0.25) is 0 Å². The van der Waals surface area contributed by atoms with Gasteiger partial charge in [0.2, 0.25) is 0 Å². The number of nitrogens with two attached hydrogens (primary N) is 1. The number of halogens is 2. The van der Waals surface area contributed by atoms with E-state index >= 15 is 0 Å². The lowest BCUT2D eigenvalue weighted by Crippen LogP contribution is -1.95. The molecule has 11 heavy (non-hydrogen) atoms. The number of hydrogen-bond acceptors (Lipinski definition) is 2. The normalized spacial score (nSPS) is 9.18. The fraction of sp³-hybridized carbons (Fsp3) is 0. The molecule has 0 saturated carbocycles. The first kappa shape index (κ1) is 7.48. The molecule has 0 saturated heterocycles. The van der Waals surface area contributed by atoms with Crippen LogP contribution in [0.2, 0.25) is 0 Å². The summed E-state index contributed by atoms with van der Waals surface area (Å²) in [7, 11) is 0. The lowest BCUT2D eigenvalue weighted by Gasteiger charge is -1.97. The molecule has 1 aromatic carbocycles. The van der Waals surface area contributed by atoms with Crippen LogP contribution < -0.4 is 5.73 Å². The van der Waals surface area contributed by atoms with Crippen molar-refractivity contribution in [1.29, 1.82) is 5.26 Å². The molecule has 0 aliphatic heterocycles. The molecule has 2 N–H and O–H groups in total. The molecule has 0 amide bonds. The Balaban J connectivity index is 3.39. The Bertz CT molecular complexity index is 328. The van der Waals surface area contributed by atoms with Gasteiger partial charge in [-0.05, 0) is 12.1 Å². The zero-order valence-corrected chi connectivity index (χ0v) is 5.44. The van der Waals surface area contributed by atoms with Gasteiger partial charge in [-0.15, -0.1) is 0 Å². The summed E-state index contributed by atoms with van der Waals surface area (Å²) in [5.74, 6) is -1.57. The molecule has 0 aliphatic carbocycles. The van der Waals surface area contributed by atoms with Crippen molar-refractivity contribution < 1.29 is 8.78 Å². The second-order valence-electron chi connectivity index (χ2n) is 1.97. The molecule has 0 atom stereocenters. The molecule has 0 radical (unpaired) electrons. The molecule has 0 unspecified atom stereocenters. The average molecular weight is 154 g/mol. The van der Waals surface area contributed by atoms with Crippen molar-refractivity contribution in [2.24, 2.45) is 0 Å². The number of nitriles is 1. The summed E-state index contributed by atoms with van der Waals surface area (Å²) in [5, 5.41) is 8.26. The predicted octanol–water partition coefficient (Wildman–Crippen LogP) is 1.42. The second kappa shape index (κ2) is 2.54. The Morgan fingerprint density at radius 2 is 2.00 bits per heavy atom. The van der Waals surface area contributed by atoms with E-state index in [1.807, 2.05) is 0 Å². The third-order valence-corrected chi connectivity index (χ3v) is 1.19. The van der Waals surface area contributed by atoms with Crippen molar-refractivity contribution in [3.8, 4) is 6.07 Å². The molecule has 4 heteroatoms. The van der Waals surface area contributed by atoms with Gasteiger partial charge in [0.25, 0.3) is 0 Å². The van der Waals surface area contributed by atoms with Crippen molar-refractivity contribution in [2.45, 2.75) is 0 Å². The van der Waals surface area contributed by atoms with E-state index in [2.05, 4.69) is 0 Å². The monoisotopic (exact) mass is 154 g/mol. The van der Waals surface area contributed by atoms with E-state index in [4.69, 9.17) is 11.0 Å². The molecule has 2 nitrogen and oxygen atoms in total. The lowest BCUT2D eigenvalue weighted by molar-refractivity contribution is 0.601. The number of benzene rings is 1. The maximum absolute atomic E-state index is 12.7. The Labute approximate surface area is 61.9 Å². The highest BCUT2D eigenvalue weighted by Gasteiger charge is 2.06. The van der Waals surface area contributed by atoms with Crippen molar-refractivity contribution in [3.05, 3.63) is 29.3 Å². The Kier molecular flexibility index (Phi) is 1.73. The van der Waals surface area contributed by atoms with Crippen LogP contribution in [0.4, 0.5) is 14.5 Å². The largest absolute Gasteiger partial charge is 0.396 e. The van der Waals surface area contributed by atoms with E-state index in [-0.39, 0.29) is 11.3 Å². The molecule has 1 rings (SSSR count). The number of nitrogens with zero attached hydrogens (tertiary/aromatic N) is 1. The summed E-state index contributed by atoms with van der Waals surface area (Å²) in [6, 6.07) is 3.11. The predicted molar refractivity (Wildman–Crippen MR) is 35.5 cm³/mol. The van der Waals surface area contributed by atoms with Crippen LogP contribution in [0.15, 0.2) is 12.1 Å². The molecular formula is C7H4F2N2. The second-order valence-corrected chi connectivity index (χ2v) is 1.97. The van der Waals surface area contributed by atoms with E-state index in [0.717, 1.165) is 12.1 Å². The summed E-state index contributed by atoms with van der Waals surface area (Å²) in [6.45, 7) is 0. The van der Waals surface area contributed by atoms with Crippen LogP contribution in [0, 0.1) is 23.0 Å². The summed E-state index contributed by atoms with van der Waals surface area (Å²) < 4.78 is 25.1. The van der Waals surface area contributed by atoms with Gasteiger partial charge < -0.3 is 5.73 Å². The fourth-order valence-corrected chi connectivity index (χ4v) is 0.692. The van der Waals surface area contributed by atoms with Gasteiger partial charge >= 0.3 is 0 Å². The van der Waals surface area contributed by atoms with Gasteiger partial charge in [-0.1, -0.05) is 0 Å². The topological polar surface area (TPSA) is 49.8 Å². The molecule has 0 aromatic heterocycles. The van der Waals surface area contributed by atoms with Crippen LogP contribution in [0.1, 0.15) is 5.56 Å². The first-order valence-corrected chi connectivity index (χ1v) is 2.79. The zero-order chi connectivity index (χ0) is 8.43. The number of hydrogen-bond donors (Lipinski definition) is 1. The van der Waals surface area contributed by atoms with E-state index in [9.17, 15) is 8.78 Å². The average Bonchev–Trinajstić information content (AvgIpc) is 1.96. The highest BCUT2D eigenvalue weighted by molar-refractivity contribution is 5.47. The third kappa shape index (κ3) is 1.27. The van der Waals surface area contributed by atoms with Gasteiger partial charge in [-0.25, -0.2) is 8.78 Å². The van der Waals surface area contributed by atoms with Gasteiger partial charge in [0.05, 0.1) is 11.3 Å². The lowest BCUT2D eigenvalue weighted by atomic mass is 10.2. The van der Waals surface area contributed by atoms with Crippen LogP contribution in [0.5, 0.6) is 0 Å². The van der Waals surface area contributed by atoms with Crippen molar-refractivity contribution in [3.63, 3.8) is 0 Å². The highest BCUT2D eigenvalue weighted by Crippen LogP contribution is 2.15. The molecule has 1 aromatic rings. The molecule has 0 spiro atoms. The van der Waals surface area contributed by atoms with Crippen LogP contribution >= 0.6 is 0 Å². The molecule has 0 bridgehead atoms. The van der Waals surface area contributed by atoms with Crippen LogP contribution in [0.25, 0.3) is 0 Å². The van der Waals surface area contributed by atoms with Crippen LogP contribution in [0.3, 0.4) is 0 Å². The Morgan fingerprint density at radius 3 is 2.55 bits per heavy atom. The molecule has 56 valence electrons. The van der Waals surface area contributed by atoms with Crippen LogP contribution in [-0.4, -0.2) is 0 Å². The first-order valence-electron chi connectivity index (χ1n) is 2.79. The molecule has 0 aliphatic rings. The maximum atomic E-state index is 12.7. The number of nitrogen functional groups attached to an aromatic ring is 1. The minimum absolute atomic E-state index is 0.346. The molecular weight excluding hydrogens is 150 g/mol. The van der Waals surface area contributed by atoms with Gasteiger partial charge in [0, 0.05) is 0 Å². The van der Waals surface area contributed by atoms with Crippen molar-refractivity contribution in [1.82, 2.24) is 0 Å². The van der Waals surface area contributed by atoms with Gasteiger partial charge in [-0.2, -0.15) is 5.26 Å². The smallest absolute Gasteiger partial charge is 0.164 e. The van der Waals surface area contributed by atoms with Crippen LogP contribution in [-0.2, 0) is 0 Å². The molecule has 0 heterocycles. The van der Waals surface area contributed by atoms with Crippen molar-refractivity contribution in [2.75, 3.05) is 5.73 Å². The van der Waals surface area contributed by atoms with E-state index in [0.29, 0.717) is 0 Å². The third-order valence-electron chi connectivity index (χ3n) is 1.19. The van der Waals surface area contributed by atoms with E-state index < -0.39 is 11.6 Å². The summed E-state index contributed by atoms with van der Waals surface area (Å²) in [4.78, 5) is 0. The summed E-state index contributed by atoms with van der Waals surface area (Å²) >= 11 is 0.